The number of amides is 1. The summed E-state index contributed by atoms with van der Waals surface area (Å²) in [6.07, 6.45) is 0.866. The highest BCUT2D eigenvalue weighted by molar-refractivity contribution is 6.06. The molecule has 2 rings (SSSR count). The van der Waals surface area contributed by atoms with Crippen LogP contribution >= 0.6 is 0 Å². The van der Waals surface area contributed by atoms with Crippen LogP contribution in [-0.4, -0.2) is 33.6 Å². The van der Waals surface area contributed by atoms with E-state index in [1.165, 1.54) is 6.92 Å². The van der Waals surface area contributed by atoms with Crippen molar-refractivity contribution in [3.63, 3.8) is 0 Å². The highest BCUT2D eigenvalue weighted by Gasteiger charge is 2.24. The highest BCUT2D eigenvalue weighted by atomic mass is 19.1. The molecule has 1 aromatic heterocycles. The van der Waals surface area contributed by atoms with Crippen LogP contribution in [0.4, 0.5) is 15.8 Å². The predicted molar refractivity (Wildman–Crippen MR) is 80.3 cm³/mol. The number of esters is 1. The lowest BCUT2D eigenvalue weighted by molar-refractivity contribution is -0.385. The lowest BCUT2D eigenvalue weighted by atomic mass is 10.1. The lowest BCUT2D eigenvalue weighted by Gasteiger charge is -2.10. The van der Waals surface area contributed by atoms with Crippen molar-refractivity contribution in [2.75, 3.05) is 11.9 Å². The number of aromatic amines is 1. The number of H-pyrrole nitrogens is 1. The van der Waals surface area contributed by atoms with Gasteiger partial charge in [0.15, 0.2) is 0 Å². The number of anilines is 1. The molecule has 0 unspecified atom stereocenters. The molecule has 126 valence electrons. The van der Waals surface area contributed by atoms with Gasteiger partial charge in [0.25, 0.3) is 5.91 Å². The third kappa shape index (κ3) is 3.37. The fourth-order valence-electron chi connectivity index (χ4n) is 1.97. The zero-order valence-electron chi connectivity index (χ0n) is 12.8. The molecule has 0 saturated heterocycles. The molecule has 0 bridgehead atoms. The van der Waals surface area contributed by atoms with E-state index in [0.29, 0.717) is 5.56 Å². The second-order valence-corrected chi connectivity index (χ2v) is 4.71. The molecule has 0 aliphatic rings. The third-order valence-electron chi connectivity index (χ3n) is 3.10. The molecule has 1 amide bonds. The van der Waals surface area contributed by atoms with Crippen LogP contribution in [0.3, 0.4) is 0 Å². The lowest BCUT2D eigenvalue weighted by Crippen LogP contribution is -2.16. The normalized spacial score (nSPS) is 10.3. The SMILES string of the molecule is CCOC(=O)c1cc(NC(=O)c2[nH]ncc2[N+](=O)[O-])c(F)cc1C. The van der Waals surface area contributed by atoms with E-state index in [9.17, 15) is 24.1 Å². The summed E-state index contributed by atoms with van der Waals surface area (Å²) in [5.41, 5.74) is -0.884. The smallest absolute Gasteiger partial charge is 0.338 e. The number of benzene rings is 1. The van der Waals surface area contributed by atoms with Gasteiger partial charge in [-0.3, -0.25) is 20.0 Å². The summed E-state index contributed by atoms with van der Waals surface area (Å²) < 4.78 is 18.9. The third-order valence-corrected chi connectivity index (χ3v) is 3.10. The molecule has 0 spiro atoms. The Kier molecular flexibility index (Phi) is 4.87. The number of ether oxygens (including phenoxy) is 1. The van der Waals surface area contributed by atoms with Crippen molar-refractivity contribution < 1.29 is 23.6 Å². The van der Waals surface area contributed by atoms with Crippen molar-refractivity contribution in [1.29, 1.82) is 0 Å². The Morgan fingerprint density at radius 2 is 2.17 bits per heavy atom. The van der Waals surface area contributed by atoms with Crippen molar-refractivity contribution in [2.24, 2.45) is 0 Å². The number of aromatic nitrogens is 2. The van der Waals surface area contributed by atoms with E-state index >= 15 is 0 Å². The van der Waals surface area contributed by atoms with E-state index < -0.39 is 34.0 Å². The number of nitro groups is 1. The summed E-state index contributed by atoms with van der Waals surface area (Å²) >= 11 is 0. The Labute approximate surface area is 135 Å². The first-order valence-corrected chi connectivity index (χ1v) is 6.81. The van der Waals surface area contributed by atoms with Crippen molar-refractivity contribution in [3.8, 4) is 0 Å². The Balaban J connectivity index is 2.33. The topological polar surface area (TPSA) is 127 Å². The Morgan fingerprint density at radius 1 is 1.46 bits per heavy atom. The summed E-state index contributed by atoms with van der Waals surface area (Å²) in [6.45, 7) is 3.27. The first kappa shape index (κ1) is 17.1. The molecule has 1 heterocycles. The van der Waals surface area contributed by atoms with E-state index in [-0.39, 0.29) is 17.9 Å². The molecule has 0 saturated carbocycles. The summed E-state index contributed by atoms with van der Waals surface area (Å²) in [5, 5.41) is 18.6. The van der Waals surface area contributed by atoms with Gasteiger partial charge in [0.1, 0.15) is 12.0 Å². The first-order chi connectivity index (χ1) is 11.3. The molecule has 2 aromatic rings. The highest BCUT2D eigenvalue weighted by Crippen LogP contribution is 2.23. The molecule has 0 aliphatic carbocycles. The molecule has 0 fully saturated rings. The number of halogens is 1. The van der Waals surface area contributed by atoms with Crippen molar-refractivity contribution >= 4 is 23.3 Å². The first-order valence-electron chi connectivity index (χ1n) is 6.81. The largest absolute Gasteiger partial charge is 0.462 e. The number of hydrogen-bond donors (Lipinski definition) is 2. The van der Waals surface area contributed by atoms with Gasteiger partial charge in [0, 0.05) is 0 Å². The van der Waals surface area contributed by atoms with Crippen LogP contribution in [0.5, 0.6) is 0 Å². The average molecular weight is 336 g/mol. The van der Waals surface area contributed by atoms with Gasteiger partial charge in [-0.15, -0.1) is 0 Å². The van der Waals surface area contributed by atoms with Crippen LogP contribution in [0.25, 0.3) is 0 Å². The molecule has 0 radical (unpaired) electrons. The Bertz CT molecular complexity index is 817. The van der Waals surface area contributed by atoms with Crippen molar-refractivity contribution in [3.05, 3.63) is 51.1 Å². The number of carbonyl (C=O) groups is 2. The Morgan fingerprint density at radius 3 is 2.79 bits per heavy atom. The van der Waals surface area contributed by atoms with Gasteiger partial charge in [-0.05, 0) is 31.5 Å². The molecule has 10 heteroatoms. The summed E-state index contributed by atoms with van der Waals surface area (Å²) in [5.74, 6) is -2.43. The zero-order valence-corrected chi connectivity index (χ0v) is 12.8. The number of nitrogens with one attached hydrogen (secondary N) is 2. The summed E-state index contributed by atoms with van der Waals surface area (Å²) in [4.78, 5) is 33.9. The average Bonchev–Trinajstić information content (AvgIpc) is 3.00. The summed E-state index contributed by atoms with van der Waals surface area (Å²) in [7, 11) is 0. The maximum Gasteiger partial charge on any atom is 0.338 e. The van der Waals surface area contributed by atoms with Gasteiger partial charge in [0.2, 0.25) is 5.69 Å². The van der Waals surface area contributed by atoms with Crippen LogP contribution in [0, 0.1) is 22.9 Å². The quantitative estimate of drug-likeness (QED) is 0.489. The number of carbonyl (C=O) groups excluding carboxylic acids is 2. The van der Waals surface area contributed by atoms with Gasteiger partial charge in [-0.25, -0.2) is 9.18 Å². The standard InChI is InChI=1S/C14H13FN4O5/c1-3-24-14(21)8-5-10(9(15)4-7(8)2)17-13(20)12-11(19(22)23)6-16-18-12/h4-6H,3H2,1-2H3,(H,16,18)(H,17,20). The number of nitrogens with zero attached hydrogens (tertiary/aromatic N) is 2. The van der Waals surface area contributed by atoms with Crippen LogP contribution in [0.1, 0.15) is 33.3 Å². The van der Waals surface area contributed by atoms with Crippen molar-refractivity contribution in [1.82, 2.24) is 10.2 Å². The second-order valence-electron chi connectivity index (χ2n) is 4.71. The van der Waals surface area contributed by atoms with Gasteiger partial charge >= 0.3 is 11.7 Å². The molecule has 0 aliphatic heterocycles. The predicted octanol–water partition coefficient (Wildman–Crippen LogP) is 2.19. The van der Waals surface area contributed by atoms with E-state index in [1.807, 2.05) is 0 Å². The van der Waals surface area contributed by atoms with E-state index in [2.05, 4.69) is 15.5 Å². The minimum atomic E-state index is -0.961. The van der Waals surface area contributed by atoms with Gasteiger partial charge < -0.3 is 10.1 Å². The molecule has 0 atom stereocenters. The van der Waals surface area contributed by atoms with Crippen LogP contribution in [0.2, 0.25) is 0 Å². The van der Waals surface area contributed by atoms with E-state index in [1.54, 1.807) is 6.92 Å². The Hall–Kier alpha value is -3.30. The minimum Gasteiger partial charge on any atom is -0.462 e. The molecular formula is C14H13FN4O5. The number of hydrogen-bond acceptors (Lipinski definition) is 6. The van der Waals surface area contributed by atoms with Crippen LogP contribution < -0.4 is 5.32 Å². The zero-order chi connectivity index (χ0) is 17.9. The number of aryl methyl sites for hydroxylation is 1. The molecular weight excluding hydrogens is 323 g/mol. The van der Waals surface area contributed by atoms with Gasteiger partial charge in [0.05, 0.1) is 22.8 Å². The van der Waals surface area contributed by atoms with Crippen LogP contribution in [-0.2, 0) is 4.74 Å². The maximum absolute atomic E-state index is 14.0. The molecule has 2 N–H and O–H groups in total. The van der Waals surface area contributed by atoms with Crippen molar-refractivity contribution in [2.45, 2.75) is 13.8 Å². The van der Waals surface area contributed by atoms with E-state index in [0.717, 1.165) is 18.3 Å². The summed E-state index contributed by atoms with van der Waals surface area (Å²) in [6, 6.07) is 2.17. The van der Waals surface area contributed by atoms with E-state index in [4.69, 9.17) is 4.74 Å². The van der Waals surface area contributed by atoms with Crippen LogP contribution in [0.15, 0.2) is 18.3 Å². The number of rotatable bonds is 5. The van der Waals surface area contributed by atoms with Gasteiger partial charge in [-0.1, -0.05) is 0 Å². The molecule has 24 heavy (non-hydrogen) atoms. The second kappa shape index (κ2) is 6.86. The monoisotopic (exact) mass is 336 g/mol. The maximum atomic E-state index is 14.0. The van der Waals surface area contributed by atoms with Gasteiger partial charge in [-0.2, -0.15) is 5.10 Å². The molecule has 9 nitrogen and oxygen atoms in total. The minimum absolute atomic E-state index is 0.0765. The fourth-order valence-corrected chi connectivity index (χ4v) is 1.97. The molecule has 1 aromatic carbocycles. The fraction of sp³-hybridized carbons (Fsp3) is 0.214.